The van der Waals surface area contributed by atoms with Gasteiger partial charge in [-0.05, 0) is 46.0 Å². The normalized spacial score (nSPS) is 13.3. The largest absolute Gasteiger partial charge is 0.491 e. The van der Waals surface area contributed by atoms with Crippen LogP contribution in [0.25, 0.3) is 22.8 Å². The number of non-ortho nitro benzene ring substituents is 1. The number of nitrogens with zero attached hydrogens (tertiary/aromatic N) is 1. The lowest BCUT2D eigenvalue weighted by Crippen LogP contribution is -2.02. The number of benzene rings is 3. The van der Waals surface area contributed by atoms with E-state index in [2.05, 4.69) is 0 Å². The van der Waals surface area contributed by atoms with Gasteiger partial charge < -0.3 is 9.84 Å². The summed E-state index contributed by atoms with van der Waals surface area (Å²) in [6.07, 6.45) is 1.99. The van der Waals surface area contributed by atoms with Crippen LogP contribution in [0.2, 0.25) is 0 Å². The van der Waals surface area contributed by atoms with Gasteiger partial charge in [0.05, 0.1) is 11.5 Å². The second-order valence-electron chi connectivity index (χ2n) is 6.20. The van der Waals surface area contributed by atoms with Crippen molar-refractivity contribution >= 4 is 17.3 Å². The first-order valence-corrected chi connectivity index (χ1v) is 8.62. The van der Waals surface area contributed by atoms with Gasteiger partial charge in [-0.1, -0.05) is 42.5 Å². The molecule has 4 rings (SSSR count). The molecule has 1 aliphatic rings. The van der Waals surface area contributed by atoms with Crippen molar-refractivity contribution < 1.29 is 14.8 Å². The van der Waals surface area contributed by atoms with Gasteiger partial charge in [-0.3, -0.25) is 10.1 Å². The van der Waals surface area contributed by atoms with Crippen molar-refractivity contribution in [2.75, 3.05) is 13.2 Å². The lowest BCUT2D eigenvalue weighted by atomic mass is 10.0. The number of hydrogen-bond acceptors (Lipinski definition) is 4. The standard InChI is InChI=1S/C22H17NO4/c24-11-12-27-22-8-4-1-5-15(22)13-20-18-7-3-2-6-17(18)19-10-9-16(23(25)26)14-21(19)20/h1-10,13-14,24H,11-12H2/b20-13+. The molecule has 5 nitrogen and oxygen atoms in total. The van der Waals surface area contributed by atoms with E-state index in [4.69, 9.17) is 9.84 Å². The van der Waals surface area contributed by atoms with E-state index in [0.717, 1.165) is 33.4 Å². The third-order valence-electron chi connectivity index (χ3n) is 4.58. The van der Waals surface area contributed by atoms with Gasteiger partial charge in [0.1, 0.15) is 12.4 Å². The maximum atomic E-state index is 11.3. The monoisotopic (exact) mass is 359 g/mol. The molecule has 0 aromatic heterocycles. The Hall–Kier alpha value is -3.44. The van der Waals surface area contributed by atoms with Crippen LogP contribution in [0.5, 0.6) is 5.75 Å². The molecule has 27 heavy (non-hydrogen) atoms. The predicted molar refractivity (Wildman–Crippen MR) is 105 cm³/mol. The molecule has 134 valence electrons. The quantitative estimate of drug-likeness (QED) is 0.419. The second-order valence-corrected chi connectivity index (χ2v) is 6.20. The number of fused-ring (bicyclic) bond motifs is 3. The van der Waals surface area contributed by atoms with Crippen LogP contribution in [0.3, 0.4) is 0 Å². The highest BCUT2D eigenvalue weighted by Gasteiger charge is 2.25. The number of nitro benzene ring substituents is 1. The van der Waals surface area contributed by atoms with Crippen molar-refractivity contribution in [3.8, 4) is 16.9 Å². The van der Waals surface area contributed by atoms with E-state index in [1.807, 2.05) is 54.6 Å². The molecule has 5 heteroatoms. The van der Waals surface area contributed by atoms with Crippen LogP contribution in [0.15, 0.2) is 66.7 Å². The molecule has 1 N–H and O–H groups in total. The molecule has 0 bridgehead atoms. The fourth-order valence-corrected chi connectivity index (χ4v) is 3.40. The fraction of sp³-hybridized carbons (Fsp3) is 0.0909. The summed E-state index contributed by atoms with van der Waals surface area (Å²) in [6, 6.07) is 20.5. The molecule has 3 aromatic rings. The Balaban J connectivity index is 1.90. The molecule has 0 spiro atoms. The highest BCUT2D eigenvalue weighted by atomic mass is 16.6. The smallest absolute Gasteiger partial charge is 0.270 e. The van der Waals surface area contributed by atoms with Gasteiger partial charge in [-0.2, -0.15) is 0 Å². The van der Waals surface area contributed by atoms with Gasteiger partial charge in [0.15, 0.2) is 0 Å². The molecule has 0 saturated heterocycles. The van der Waals surface area contributed by atoms with Crippen LogP contribution in [0, 0.1) is 10.1 Å². The van der Waals surface area contributed by atoms with E-state index >= 15 is 0 Å². The highest BCUT2D eigenvalue weighted by molar-refractivity contribution is 6.07. The van der Waals surface area contributed by atoms with Crippen molar-refractivity contribution in [2.24, 2.45) is 0 Å². The van der Waals surface area contributed by atoms with E-state index in [1.165, 1.54) is 6.07 Å². The first kappa shape index (κ1) is 17.0. The van der Waals surface area contributed by atoms with Crippen molar-refractivity contribution in [2.45, 2.75) is 0 Å². The number of ether oxygens (including phenoxy) is 1. The zero-order valence-electron chi connectivity index (χ0n) is 14.5. The Kier molecular flexibility index (Phi) is 4.44. The Morgan fingerprint density at radius 3 is 2.41 bits per heavy atom. The molecular weight excluding hydrogens is 342 g/mol. The number of aliphatic hydroxyl groups excluding tert-OH is 1. The summed E-state index contributed by atoms with van der Waals surface area (Å²) in [7, 11) is 0. The number of hydrogen-bond donors (Lipinski definition) is 1. The second kappa shape index (κ2) is 7.05. The van der Waals surface area contributed by atoms with Crippen LogP contribution < -0.4 is 4.74 Å². The number of nitro groups is 1. The lowest BCUT2D eigenvalue weighted by Gasteiger charge is -2.09. The molecule has 0 fully saturated rings. The fourth-order valence-electron chi connectivity index (χ4n) is 3.40. The Labute approximate surface area is 156 Å². The van der Waals surface area contributed by atoms with E-state index in [-0.39, 0.29) is 23.8 Å². The maximum absolute atomic E-state index is 11.3. The van der Waals surface area contributed by atoms with Gasteiger partial charge in [0.25, 0.3) is 5.69 Å². The molecule has 0 atom stereocenters. The van der Waals surface area contributed by atoms with E-state index < -0.39 is 0 Å². The molecule has 0 aliphatic heterocycles. The van der Waals surface area contributed by atoms with E-state index in [0.29, 0.717) is 5.75 Å². The molecular formula is C22H17NO4. The zero-order chi connectivity index (χ0) is 18.8. The van der Waals surface area contributed by atoms with Gasteiger partial charge in [0, 0.05) is 17.7 Å². The molecule has 3 aromatic carbocycles. The molecule has 0 radical (unpaired) electrons. The van der Waals surface area contributed by atoms with Crippen molar-refractivity contribution in [3.63, 3.8) is 0 Å². The predicted octanol–water partition coefficient (Wildman–Crippen LogP) is 4.54. The van der Waals surface area contributed by atoms with Crippen LogP contribution in [0.1, 0.15) is 16.7 Å². The molecule has 0 amide bonds. The Morgan fingerprint density at radius 1 is 0.926 bits per heavy atom. The number of aliphatic hydroxyl groups is 1. The van der Waals surface area contributed by atoms with Gasteiger partial charge >= 0.3 is 0 Å². The summed E-state index contributed by atoms with van der Waals surface area (Å²) < 4.78 is 5.63. The SMILES string of the molecule is O=[N+]([O-])c1ccc2c(c1)/C(=C/c1ccccc1OCCO)c1ccccc1-2. The van der Waals surface area contributed by atoms with Crippen LogP contribution in [-0.2, 0) is 0 Å². The molecule has 1 aliphatic carbocycles. The van der Waals surface area contributed by atoms with Gasteiger partial charge in [-0.25, -0.2) is 0 Å². The minimum atomic E-state index is -0.376. The third-order valence-corrected chi connectivity index (χ3v) is 4.58. The van der Waals surface area contributed by atoms with E-state index in [1.54, 1.807) is 12.1 Å². The topological polar surface area (TPSA) is 72.6 Å². The molecule has 0 unspecified atom stereocenters. The number of rotatable bonds is 5. The number of para-hydroxylation sites is 1. The summed E-state index contributed by atoms with van der Waals surface area (Å²) in [5.41, 5.74) is 5.75. The zero-order valence-corrected chi connectivity index (χ0v) is 14.5. The Morgan fingerprint density at radius 2 is 1.63 bits per heavy atom. The van der Waals surface area contributed by atoms with Gasteiger partial charge in [-0.15, -0.1) is 0 Å². The lowest BCUT2D eigenvalue weighted by molar-refractivity contribution is -0.384. The first-order chi connectivity index (χ1) is 13.2. The first-order valence-electron chi connectivity index (χ1n) is 8.62. The minimum Gasteiger partial charge on any atom is -0.491 e. The van der Waals surface area contributed by atoms with Crippen molar-refractivity contribution in [1.82, 2.24) is 0 Å². The van der Waals surface area contributed by atoms with Gasteiger partial charge in [0.2, 0.25) is 0 Å². The van der Waals surface area contributed by atoms with E-state index in [9.17, 15) is 10.1 Å². The summed E-state index contributed by atoms with van der Waals surface area (Å²) in [4.78, 5) is 10.9. The van der Waals surface area contributed by atoms with Crippen molar-refractivity contribution in [1.29, 1.82) is 0 Å². The minimum absolute atomic E-state index is 0.0667. The maximum Gasteiger partial charge on any atom is 0.270 e. The van der Waals surface area contributed by atoms with Crippen molar-refractivity contribution in [3.05, 3.63) is 93.5 Å². The molecule has 0 saturated carbocycles. The summed E-state index contributed by atoms with van der Waals surface area (Å²) in [5, 5.41) is 20.3. The highest BCUT2D eigenvalue weighted by Crippen LogP contribution is 2.46. The van der Waals surface area contributed by atoms with Crippen LogP contribution in [-0.4, -0.2) is 23.2 Å². The average molecular weight is 359 g/mol. The van der Waals surface area contributed by atoms with Crippen LogP contribution in [0.4, 0.5) is 5.69 Å². The Bertz CT molecular complexity index is 1060. The average Bonchev–Trinajstić information content (AvgIpc) is 3.00. The van der Waals surface area contributed by atoms with Crippen LogP contribution >= 0.6 is 0 Å². The summed E-state index contributed by atoms with van der Waals surface area (Å²) in [6.45, 7) is 0.140. The molecule has 0 heterocycles. The summed E-state index contributed by atoms with van der Waals surface area (Å²) in [5.74, 6) is 0.662. The summed E-state index contributed by atoms with van der Waals surface area (Å²) >= 11 is 0. The third kappa shape index (κ3) is 3.09.